The van der Waals surface area contributed by atoms with E-state index in [0.717, 1.165) is 18.4 Å². The first-order valence-corrected chi connectivity index (χ1v) is 9.17. The van der Waals surface area contributed by atoms with E-state index in [1.807, 2.05) is 13.0 Å². The van der Waals surface area contributed by atoms with Crippen molar-refractivity contribution in [2.24, 2.45) is 0 Å². The van der Waals surface area contributed by atoms with Crippen LogP contribution in [0.15, 0.2) is 53.6 Å². The first-order valence-electron chi connectivity index (χ1n) is 9.17. The van der Waals surface area contributed by atoms with Gasteiger partial charge >= 0.3 is 0 Å². The number of carbonyl (C=O) groups is 2. The van der Waals surface area contributed by atoms with E-state index in [4.69, 9.17) is 0 Å². The number of aryl methyl sites for hydroxylation is 1. The Kier molecular flexibility index (Phi) is 4.65. The zero-order valence-electron chi connectivity index (χ0n) is 15.4. The van der Waals surface area contributed by atoms with Crippen molar-refractivity contribution >= 4 is 28.4 Å². The number of para-hydroxylation sites is 2. The number of hydrogen-bond acceptors (Lipinski definition) is 4. The molecule has 7 nitrogen and oxygen atoms in total. The van der Waals surface area contributed by atoms with Gasteiger partial charge in [-0.3, -0.25) is 19.0 Å². The Morgan fingerprint density at radius 1 is 1.14 bits per heavy atom. The van der Waals surface area contributed by atoms with Gasteiger partial charge in [-0.1, -0.05) is 24.3 Å². The lowest BCUT2D eigenvalue weighted by molar-refractivity contribution is -0.116. The normalized spacial score (nSPS) is 13.3. The average molecular weight is 376 g/mol. The highest BCUT2D eigenvalue weighted by Crippen LogP contribution is 2.21. The third-order valence-electron chi connectivity index (χ3n) is 4.73. The van der Waals surface area contributed by atoms with Crippen molar-refractivity contribution in [1.82, 2.24) is 14.9 Å². The molecule has 7 heteroatoms. The highest BCUT2D eigenvalue weighted by molar-refractivity contribution is 6.03. The van der Waals surface area contributed by atoms with Crippen LogP contribution in [0.4, 0.5) is 5.69 Å². The fraction of sp³-hybridized carbons (Fsp3) is 0.238. The third kappa shape index (κ3) is 3.64. The highest BCUT2D eigenvalue weighted by Gasteiger charge is 2.25. The van der Waals surface area contributed by atoms with Gasteiger partial charge in [0.15, 0.2) is 0 Å². The number of anilines is 1. The van der Waals surface area contributed by atoms with Crippen LogP contribution in [0, 0.1) is 6.92 Å². The molecule has 0 spiro atoms. The summed E-state index contributed by atoms with van der Waals surface area (Å²) in [6, 6.07) is 12.4. The van der Waals surface area contributed by atoms with Crippen molar-refractivity contribution in [3.8, 4) is 0 Å². The summed E-state index contributed by atoms with van der Waals surface area (Å²) >= 11 is 0. The minimum absolute atomic E-state index is 0.186. The van der Waals surface area contributed by atoms with E-state index >= 15 is 0 Å². The molecule has 0 unspecified atom stereocenters. The van der Waals surface area contributed by atoms with Crippen LogP contribution in [0.25, 0.3) is 10.9 Å². The SMILES string of the molecule is Cc1cccc2c(=O)n(CC(=O)Nc3ccccc3C(=O)NC3CC3)cnc12. The van der Waals surface area contributed by atoms with Gasteiger partial charge in [-0.05, 0) is 43.5 Å². The van der Waals surface area contributed by atoms with Gasteiger partial charge < -0.3 is 10.6 Å². The summed E-state index contributed by atoms with van der Waals surface area (Å²) in [5.74, 6) is -0.610. The molecule has 28 heavy (non-hydrogen) atoms. The number of fused-ring (bicyclic) bond motifs is 1. The van der Waals surface area contributed by atoms with Crippen molar-refractivity contribution in [3.63, 3.8) is 0 Å². The lowest BCUT2D eigenvalue weighted by Gasteiger charge is -2.12. The molecule has 0 aliphatic heterocycles. The van der Waals surface area contributed by atoms with E-state index in [-0.39, 0.29) is 24.1 Å². The number of amides is 2. The predicted octanol–water partition coefficient (Wildman–Crippen LogP) is 2.24. The molecule has 0 bridgehead atoms. The quantitative estimate of drug-likeness (QED) is 0.714. The van der Waals surface area contributed by atoms with Gasteiger partial charge in [0.1, 0.15) is 6.54 Å². The number of carbonyl (C=O) groups excluding carboxylic acids is 2. The molecule has 1 heterocycles. The Labute approximate surface area is 161 Å². The molecule has 3 aromatic rings. The number of rotatable bonds is 5. The zero-order valence-corrected chi connectivity index (χ0v) is 15.4. The molecule has 0 atom stereocenters. The van der Waals surface area contributed by atoms with E-state index < -0.39 is 5.91 Å². The smallest absolute Gasteiger partial charge is 0.261 e. The topological polar surface area (TPSA) is 93.1 Å². The fourth-order valence-corrected chi connectivity index (χ4v) is 3.08. The van der Waals surface area contributed by atoms with Crippen LogP contribution >= 0.6 is 0 Å². The van der Waals surface area contributed by atoms with E-state index in [1.165, 1.54) is 10.9 Å². The van der Waals surface area contributed by atoms with Crippen LogP contribution in [-0.4, -0.2) is 27.4 Å². The Morgan fingerprint density at radius 2 is 1.93 bits per heavy atom. The molecule has 1 aliphatic rings. The Hall–Kier alpha value is -3.48. The van der Waals surface area contributed by atoms with Crippen molar-refractivity contribution in [2.45, 2.75) is 32.4 Å². The summed E-state index contributed by atoms with van der Waals surface area (Å²) in [4.78, 5) is 41.8. The number of nitrogens with one attached hydrogen (secondary N) is 2. The minimum atomic E-state index is -0.400. The lowest BCUT2D eigenvalue weighted by atomic mass is 10.1. The largest absolute Gasteiger partial charge is 0.349 e. The number of aromatic nitrogens is 2. The summed E-state index contributed by atoms with van der Waals surface area (Å²) in [6.07, 6.45) is 3.35. The molecular formula is C21H20N4O3. The zero-order chi connectivity index (χ0) is 19.7. The maximum atomic E-state index is 12.7. The van der Waals surface area contributed by atoms with Gasteiger partial charge in [0, 0.05) is 6.04 Å². The fourth-order valence-electron chi connectivity index (χ4n) is 3.08. The van der Waals surface area contributed by atoms with Crippen LogP contribution in [0.1, 0.15) is 28.8 Å². The third-order valence-corrected chi connectivity index (χ3v) is 4.73. The lowest BCUT2D eigenvalue weighted by Crippen LogP contribution is -2.30. The predicted molar refractivity (Wildman–Crippen MR) is 106 cm³/mol. The second-order valence-electron chi connectivity index (χ2n) is 6.99. The van der Waals surface area contributed by atoms with Gasteiger partial charge in [-0.2, -0.15) is 0 Å². The molecular weight excluding hydrogens is 356 g/mol. The van der Waals surface area contributed by atoms with Gasteiger partial charge in [-0.15, -0.1) is 0 Å². The van der Waals surface area contributed by atoms with E-state index in [2.05, 4.69) is 15.6 Å². The van der Waals surface area contributed by atoms with Gasteiger partial charge in [0.25, 0.3) is 11.5 Å². The second-order valence-corrected chi connectivity index (χ2v) is 6.99. The summed E-state index contributed by atoms with van der Waals surface area (Å²) in [5.41, 5.74) is 2.09. The average Bonchev–Trinajstić information content (AvgIpc) is 3.49. The first-order chi connectivity index (χ1) is 13.5. The van der Waals surface area contributed by atoms with Gasteiger partial charge in [0.2, 0.25) is 5.91 Å². The molecule has 1 saturated carbocycles. The molecule has 1 fully saturated rings. The monoisotopic (exact) mass is 376 g/mol. The minimum Gasteiger partial charge on any atom is -0.349 e. The molecule has 0 radical (unpaired) electrons. The van der Waals surface area contributed by atoms with Crippen LogP contribution in [0.5, 0.6) is 0 Å². The summed E-state index contributed by atoms with van der Waals surface area (Å²) in [5, 5.41) is 6.12. The maximum absolute atomic E-state index is 12.7. The Morgan fingerprint density at radius 3 is 2.71 bits per heavy atom. The molecule has 4 rings (SSSR count). The summed E-state index contributed by atoms with van der Waals surface area (Å²) in [7, 11) is 0. The van der Waals surface area contributed by atoms with Crippen LogP contribution < -0.4 is 16.2 Å². The van der Waals surface area contributed by atoms with Crippen molar-refractivity contribution < 1.29 is 9.59 Å². The highest BCUT2D eigenvalue weighted by atomic mass is 16.2. The van der Waals surface area contributed by atoms with Crippen molar-refractivity contribution in [2.75, 3.05) is 5.32 Å². The van der Waals surface area contributed by atoms with Gasteiger partial charge in [0.05, 0.1) is 28.5 Å². The Balaban J connectivity index is 1.54. The van der Waals surface area contributed by atoms with Crippen LogP contribution in [-0.2, 0) is 11.3 Å². The molecule has 142 valence electrons. The van der Waals surface area contributed by atoms with E-state index in [9.17, 15) is 14.4 Å². The van der Waals surface area contributed by atoms with E-state index in [0.29, 0.717) is 22.2 Å². The molecule has 0 saturated heterocycles. The maximum Gasteiger partial charge on any atom is 0.261 e. The molecule has 2 aromatic carbocycles. The van der Waals surface area contributed by atoms with Crippen LogP contribution in [0.2, 0.25) is 0 Å². The molecule has 1 aromatic heterocycles. The number of benzene rings is 2. The van der Waals surface area contributed by atoms with Crippen molar-refractivity contribution in [3.05, 3.63) is 70.3 Å². The first kappa shape index (κ1) is 17.9. The van der Waals surface area contributed by atoms with Crippen molar-refractivity contribution in [1.29, 1.82) is 0 Å². The number of nitrogens with zero attached hydrogens (tertiary/aromatic N) is 2. The standard InChI is InChI=1S/C21H20N4O3/c1-13-5-4-7-16-19(13)22-12-25(21(16)28)11-18(26)24-17-8-3-2-6-15(17)20(27)23-14-9-10-14/h2-8,12,14H,9-11H2,1H3,(H,23,27)(H,24,26). The second kappa shape index (κ2) is 7.26. The van der Waals surface area contributed by atoms with E-state index in [1.54, 1.807) is 36.4 Å². The summed E-state index contributed by atoms with van der Waals surface area (Å²) < 4.78 is 1.27. The molecule has 2 amide bonds. The van der Waals surface area contributed by atoms with Crippen LogP contribution in [0.3, 0.4) is 0 Å². The summed E-state index contributed by atoms with van der Waals surface area (Å²) in [6.45, 7) is 1.70. The molecule has 1 aliphatic carbocycles. The Bertz CT molecular complexity index is 1130. The molecule has 2 N–H and O–H groups in total. The number of hydrogen-bond donors (Lipinski definition) is 2. The van der Waals surface area contributed by atoms with Gasteiger partial charge in [-0.25, -0.2) is 4.98 Å².